The van der Waals surface area contributed by atoms with Crippen molar-refractivity contribution in [1.29, 1.82) is 0 Å². The standard InChI is InChI=1S/C12H16O.C11H14O2.C8H8O/c1-12(2,3)9-11(13)10-7-5-4-6-8-10;1-11(2,13)8-10(12)9-6-4-3-5-7-9;1-7(9)8-5-3-2-4-6-8/h4-8H,9H2,1-3H3;3-7,13H,8H2,1-2H3;2-6H,1H3. The molecule has 0 fully saturated rings. The lowest BCUT2D eigenvalue weighted by Gasteiger charge is -2.16. The van der Waals surface area contributed by atoms with E-state index in [2.05, 4.69) is 20.8 Å². The summed E-state index contributed by atoms with van der Waals surface area (Å²) in [5.41, 5.74) is 1.40. The first-order valence-corrected chi connectivity index (χ1v) is 11.7. The van der Waals surface area contributed by atoms with Crippen molar-refractivity contribution in [2.75, 3.05) is 0 Å². The molecule has 0 bridgehead atoms. The Labute approximate surface area is 210 Å². The summed E-state index contributed by atoms with van der Waals surface area (Å²) in [5, 5.41) is 9.43. The molecule has 4 nitrogen and oxygen atoms in total. The van der Waals surface area contributed by atoms with Gasteiger partial charge in [0.1, 0.15) is 0 Å². The van der Waals surface area contributed by atoms with E-state index in [1.807, 2.05) is 78.9 Å². The van der Waals surface area contributed by atoms with Crippen LogP contribution in [-0.2, 0) is 0 Å². The monoisotopic (exact) mass is 474 g/mol. The van der Waals surface area contributed by atoms with Crippen molar-refractivity contribution in [2.45, 2.75) is 60.0 Å². The second kappa shape index (κ2) is 14.1. The summed E-state index contributed by atoms with van der Waals surface area (Å²) in [7, 11) is 0. The number of hydrogen-bond donors (Lipinski definition) is 1. The van der Waals surface area contributed by atoms with Gasteiger partial charge in [0, 0.05) is 29.5 Å². The molecule has 186 valence electrons. The van der Waals surface area contributed by atoms with Gasteiger partial charge in [-0.2, -0.15) is 0 Å². The number of carbonyl (C=O) groups excluding carboxylic acids is 3. The maximum Gasteiger partial charge on any atom is 0.165 e. The molecule has 0 radical (unpaired) electrons. The highest BCUT2D eigenvalue weighted by atomic mass is 16.3. The minimum atomic E-state index is -0.924. The largest absolute Gasteiger partial charge is 0.390 e. The van der Waals surface area contributed by atoms with Crippen LogP contribution in [0.25, 0.3) is 0 Å². The first kappa shape index (κ1) is 29.7. The van der Waals surface area contributed by atoms with Crippen LogP contribution in [-0.4, -0.2) is 28.1 Å². The van der Waals surface area contributed by atoms with Gasteiger partial charge in [0.25, 0.3) is 0 Å². The van der Waals surface area contributed by atoms with Gasteiger partial charge in [-0.15, -0.1) is 0 Å². The molecule has 0 heterocycles. The molecule has 35 heavy (non-hydrogen) atoms. The summed E-state index contributed by atoms with van der Waals surface area (Å²) in [6.07, 6.45) is 0.772. The fourth-order valence-corrected chi connectivity index (χ4v) is 3.00. The van der Waals surface area contributed by atoms with Crippen LogP contribution in [0.2, 0.25) is 0 Å². The van der Waals surface area contributed by atoms with Crippen molar-refractivity contribution in [2.24, 2.45) is 5.41 Å². The van der Waals surface area contributed by atoms with Crippen LogP contribution in [0.1, 0.15) is 85.5 Å². The number of carbonyl (C=O) groups is 3. The Morgan fingerprint density at radius 2 is 0.886 bits per heavy atom. The third-order valence-corrected chi connectivity index (χ3v) is 4.66. The average molecular weight is 475 g/mol. The van der Waals surface area contributed by atoms with E-state index in [-0.39, 0.29) is 29.2 Å². The lowest BCUT2D eigenvalue weighted by Crippen LogP contribution is -2.23. The molecule has 0 aliphatic carbocycles. The van der Waals surface area contributed by atoms with E-state index in [1.165, 1.54) is 0 Å². The van der Waals surface area contributed by atoms with Crippen molar-refractivity contribution >= 4 is 17.3 Å². The number of ketones is 3. The molecule has 0 aliphatic rings. The van der Waals surface area contributed by atoms with Gasteiger partial charge in [0.15, 0.2) is 17.3 Å². The highest BCUT2D eigenvalue weighted by Gasteiger charge is 2.18. The minimum Gasteiger partial charge on any atom is -0.390 e. The Hall–Kier alpha value is -3.37. The summed E-state index contributed by atoms with van der Waals surface area (Å²) < 4.78 is 0. The summed E-state index contributed by atoms with van der Waals surface area (Å²) in [5.74, 6) is 0.330. The molecule has 0 spiro atoms. The van der Waals surface area contributed by atoms with Crippen LogP contribution >= 0.6 is 0 Å². The highest BCUT2D eigenvalue weighted by molar-refractivity contribution is 5.97. The first-order valence-electron chi connectivity index (χ1n) is 11.7. The third-order valence-electron chi connectivity index (χ3n) is 4.66. The van der Waals surface area contributed by atoms with E-state index in [4.69, 9.17) is 0 Å². The summed E-state index contributed by atoms with van der Waals surface area (Å²) >= 11 is 0. The van der Waals surface area contributed by atoms with E-state index >= 15 is 0 Å². The fourth-order valence-electron chi connectivity index (χ4n) is 3.00. The maximum atomic E-state index is 11.7. The molecule has 0 saturated heterocycles. The van der Waals surface area contributed by atoms with Crippen LogP contribution in [0.15, 0.2) is 91.0 Å². The zero-order valence-corrected chi connectivity index (χ0v) is 21.7. The van der Waals surface area contributed by atoms with Crippen molar-refractivity contribution in [1.82, 2.24) is 0 Å². The van der Waals surface area contributed by atoms with Gasteiger partial charge in [-0.05, 0) is 26.2 Å². The van der Waals surface area contributed by atoms with Gasteiger partial charge >= 0.3 is 0 Å². The van der Waals surface area contributed by atoms with Gasteiger partial charge in [-0.25, -0.2) is 0 Å². The number of rotatable bonds is 6. The molecule has 0 aromatic heterocycles. The zero-order chi connectivity index (χ0) is 26.5. The third kappa shape index (κ3) is 13.8. The second-order valence-electron chi connectivity index (χ2n) is 10.2. The second-order valence-corrected chi connectivity index (χ2v) is 10.2. The van der Waals surface area contributed by atoms with E-state index in [0.717, 1.165) is 11.1 Å². The SMILES string of the molecule is CC(=O)c1ccccc1.CC(C)(C)CC(=O)c1ccccc1.CC(C)(O)CC(=O)c1ccccc1. The van der Waals surface area contributed by atoms with E-state index in [0.29, 0.717) is 12.0 Å². The fraction of sp³-hybridized carbons (Fsp3) is 0.323. The van der Waals surface area contributed by atoms with Gasteiger partial charge < -0.3 is 5.11 Å². The van der Waals surface area contributed by atoms with Crippen molar-refractivity contribution < 1.29 is 19.5 Å². The smallest absolute Gasteiger partial charge is 0.165 e. The predicted octanol–water partition coefficient (Wildman–Crippen LogP) is 7.23. The number of benzene rings is 3. The Bertz CT molecular complexity index is 978. The van der Waals surface area contributed by atoms with Crippen LogP contribution in [0.3, 0.4) is 0 Å². The van der Waals surface area contributed by atoms with Gasteiger partial charge in [-0.1, -0.05) is 112 Å². The number of Topliss-reactive ketones (excluding diaryl/α,β-unsaturated/α-hetero) is 3. The molecule has 3 aromatic carbocycles. The van der Waals surface area contributed by atoms with Gasteiger partial charge in [0.05, 0.1) is 5.60 Å². The Balaban J connectivity index is 0.000000267. The van der Waals surface area contributed by atoms with Gasteiger partial charge in [0.2, 0.25) is 0 Å². The molecule has 0 aliphatic heterocycles. The van der Waals surface area contributed by atoms with Gasteiger partial charge in [-0.3, -0.25) is 14.4 Å². The van der Waals surface area contributed by atoms with E-state index in [9.17, 15) is 19.5 Å². The summed E-state index contributed by atoms with van der Waals surface area (Å²) in [6, 6.07) is 27.7. The summed E-state index contributed by atoms with van der Waals surface area (Å²) in [4.78, 5) is 33.8. The lowest BCUT2D eigenvalue weighted by atomic mass is 9.88. The highest BCUT2D eigenvalue weighted by Crippen LogP contribution is 2.21. The molecular formula is C31H38O4. The summed E-state index contributed by atoms with van der Waals surface area (Å²) in [6.45, 7) is 11.1. The first-order chi connectivity index (χ1) is 16.3. The molecule has 0 saturated carbocycles. The quantitative estimate of drug-likeness (QED) is 0.383. The molecular weight excluding hydrogens is 436 g/mol. The van der Waals surface area contributed by atoms with Crippen LogP contribution < -0.4 is 0 Å². The van der Waals surface area contributed by atoms with Crippen molar-refractivity contribution in [3.63, 3.8) is 0 Å². The molecule has 0 atom stereocenters. The maximum absolute atomic E-state index is 11.7. The molecule has 0 unspecified atom stereocenters. The van der Waals surface area contributed by atoms with Crippen LogP contribution in [0.5, 0.6) is 0 Å². The van der Waals surface area contributed by atoms with E-state index < -0.39 is 5.60 Å². The molecule has 3 rings (SSSR count). The van der Waals surface area contributed by atoms with Crippen molar-refractivity contribution in [3.05, 3.63) is 108 Å². The van der Waals surface area contributed by atoms with Crippen LogP contribution in [0, 0.1) is 5.41 Å². The normalized spacial score (nSPS) is 10.7. The Morgan fingerprint density at radius 1 is 0.571 bits per heavy atom. The minimum absolute atomic E-state index is 0.0203. The Morgan fingerprint density at radius 3 is 1.14 bits per heavy atom. The zero-order valence-electron chi connectivity index (χ0n) is 21.7. The molecule has 4 heteroatoms. The molecule has 0 amide bonds. The Kier molecular flexibility index (Phi) is 12.0. The number of hydrogen-bond acceptors (Lipinski definition) is 4. The van der Waals surface area contributed by atoms with Crippen LogP contribution in [0.4, 0.5) is 0 Å². The molecule has 3 aromatic rings. The van der Waals surface area contributed by atoms with Crippen molar-refractivity contribution in [3.8, 4) is 0 Å². The predicted molar refractivity (Wildman–Crippen MR) is 143 cm³/mol. The lowest BCUT2D eigenvalue weighted by molar-refractivity contribution is 0.0587. The average Bonchev–Trinajstić information content (AvgIpc) is 2.79. The molecule has 1 N–H and O–H groups in total. The van der Waals surface area contributed by atoms with E-state index in [1.54, 1.807) is 32.9 Å². The topological polar surface area (TPSA) is 71.4 Å². The number of aliphatic hydroxyl groups is 1.